The number of rotatable bonds is 12. The molecule has 0 aromatic heterocycles. The highest BCUT2D eigenvalue weighted by atomic mass is 16.5. The predicted octanol–water partition coefficient (Wildman–Crippen LogP) is 3.68. The zero-order chi connectivity index (χ0) is 23.3. The van der Waals surface area contributed by atoms with E-state index in [1.54, 1.807) is 32.4 Å². The lowest BCUT2D eigenvalue weighted by Gasteiger charge is -2.12. The minimum Gasteiger partial charge on any atom is -0.493 e. The fourth-order valence-corrected chi connectivity index (χ4v) is 2.90. The van der Waals surface area contributed by atoms with Gasteiger partial charge in [-0.05, 0) is 50.1 Å². The number of ether oxygens (including phenoxy) is 4. The summed E-state index contributed by atoms with van der Waals surface area (Å²) in [6, 6.07) is 12.8. The molecule has 0 saturated carbocycles. The maximum Gasteiger partial charge on any atom is 0.263 e. The number of methoxy groups -OCH3 is 2. The van der Waals surface area contributed by atoms with Gasteiger partial charge in [-0.3, -0.25) is 4.79 Å². The highest BCUT2D eigenvalue weighted by molar-refractivity contribution is 5.97. The molecule has 32 heavy (non-hydrogen) atoms. The predicted molar refractivity (Wildman–Crippen MR) is 122 cm³/mol. The molecular weight excluding hydrogens is 410 g/mol. The van der Waals surface area contributed by atoms with E-state index < -0.39 is 5.91 Å². The molecule has 2 rings (SSSR count). The topological polar surface area (TPSA) is 102 Å². The van der Waals surface area contributed by atoms with Crippen LogP contribution in [0.3, 0.4) is 0 Å². The SMILES string of the molecule is CCOc1ccc(N/C=C(/C#N)C(=O)NCCc2ccc(OC)c(OC)c2)cc1OCC. The van der Waals surface area contributed by atoms with Gasteiger partial charge in [-0.1, -0.05) is 6.07 Å². The van der Waals surface area contributed by atoms with Crippen molar-refractivity contribution in [2.24, 2.45) is 0 Å². The quantitative estimate of drug-likeness (QED) is 0.384. The Balaban J connectivity index is 1.97. The molecule has 0 saturated heterocycles. The maximum atomic E-state index is 12.4. The van der Waals surface area contributed by atoms with E-state index in [1.807, 2.05) is 38.1 Å². The summed E-state index contributed by atoms with van der Waals surface area (Å²) in [6.07, 6.45) is 1.95. The lowest BCUT2D eigenvalue weighted by molar-refractivity contribution is -0.117. The van der Waals surface area contributed by atoms with E-state index in [-0.39, 0.29) is 5.57 Å². The molecule has 2 aromatic carbocycles. The molecule has 0 aliphatic heterocycles. The van der Waals surface area contributed by atoms with Gasteiger partial charge in [0.1, 0.15) is 11.6 Å². The van der Waals surface area contributed by atoms with E-state index in [4.69, 9.17) is 18.9 Å². The zero-order valence-corrected chi connectivity index (χ0v) is 18.9. The van der Waals surface area contributed by atoms with E-state index in [0.717, 1.165) is 5.56 Å². The van der Waals surface area contributed by atoms with Crippen LogP contribution in [-0.2, 0) is 11.2 Å². The molecule has 0 unspecified atom stereocenters. The van der Waals surface area contributed by atoms with Crippen molar-refractivity contribution in [2.45, 2.75) is 20.3 Å². The third-order valence-electron chi connectivity index (χ3n) is 4.44. The molecule has 8 nitrogen and oxygen atoms in total. The van der Waals surface area contributed by atoms with Gasteiger partial charge in [-0.25, -0.2) is 0 Å². The molecule has 0 spiro atoms. The number of anilines is 1. The van der Waals surface area contributed by atoms with Crippen LogP contribution in [0.25, 0.3) is 0 Å². The fourth-order valence-electron chi connectivity index (χ4n) is 2.90. The smallest absolute Gasteiger partial charge is 0.263 e. The van der Waals surface area contributed by atoms with Crippen LogP contribution in [0.1, 0.15) is 19.4 Å². The van der Waals surface area contributed by atoms with Crippen LogP contribution in [0.2, 0.25) is 0 Å². The zero-order valence-electron chi connectivity index (χ0n) is 18.9. The molecule has 0 aliphatic rings. The third kappa shape index (κ3) is 6.84. The minimum atomic E-state index is -0.462. The molecule has 2 aromatic rings. The second-order valence-corrected chi connectivity index (χ2v) is 6.54. The average molecular weight is 440 g/mol. The number of nitrogens with zero attached hydrogens (tertiary/aromatic N) is 1. The number of carbonyl (C=O) groups is 1. The largest absolute Gasteiger partial charge is 0.493 e. The Labute approximate surface area is 188 Å². The summed E-state index contributed by atoms with van der Waals surface area (Å²) in [7, 11) is 3.15. The summed E-state index contributed by atoms with van der Waals surface area (Å²) in [5.41, 5.74) is 1.60. The third-order valence-corrected chi connectivity index (χ3v) is 4.44. The second-order valence-electron chi connectivity index (χ2n) is 6.54. The highest BCUT2D eigenvalue weighted by Crippen LogP contribution is 2.31. The van der Waals surface area contributed by atoms with Crippen molar-refractivity contribution in [3.8, 4) is 29.1 Å². The van der Waals surface area contributed by atoms with Gasteiger partial charge in [0.2, 0.25) is 0 Å². The van der Waals surface area contributed by atoms with Crippen LogP contribution in [0.15, 0.2) is 48.2 Å². The van der Waals surface area contributed by atoms with Crippen LogP contribution in [-0.4, -0.2) is 39.9 Å². The Hall–Kier alpha value is -3.86. The first kappa shape index (κ1) is 24.4. The number of hydrogen-bond donors (Lipinski definition) is 2. The maximum absolute atomic E-state index is 12.4. The average Bonchev–Trinajstić information content (AvgIpc) is 2.81. The molecule has 2 N–H and O–H groups in total. The first-order valence-electron chi connectivity index (χ1n) is 10.3. The van der Waals surface area contributed by atoms with Gasteiger partial charge in [-0.15, -0.1) is 0 Å². The van der Waals surface area contributed by atoms with Crippen molar-refractivity contribution < 1.29 is 23.7 Å². The Morgan fingerprint density at radius 2 is 1.66 bits per heavy atom. The van der Waals surface area contributed by atoms with E-state index in [0.29, 0.717) is 54.9 Å². The molecule has 1 amide bonds. The molecule has 170 valence electrons. The Kier molecular flexibility index (Phi) is 9.72. The Morgan fingerprint density at radius 1 is 0.969 bits per heavy atom. The van der Waals surface area contributed by atoms with E-state index >= 15 is 0 Å². The lowest BCUT2D eigenvalue weighted by atomic mass is 10.1. The fraction of sp³-hybridized carbons (Fsp3) is 0.333. The van der Waals surface area contributed by atoms with Gasteiger partial charge in [0.15, 0.2) is 23.0 Å². The van der Waals surface area contributed by atoms with Crippen molar-refractivity contribution in [1.82, 2.24) is 5.32 Å². The summed E-state index contributed by atoms with van der Waals surface area (Å²) in [5.74, 6) is 2.03. The van der Waals surface area contributed by atoms with E-state index in [1.165, 1.54) is 6.20 Å². The van der Waals surface area contributed by atoms with Gasteiger partial charge in [0.25, 0.3) is 5.91 Å². The lowest BCUT2D eigenvalue weighted by Crippen LogP contribution is -2.27. The first-order valence-corrected chi connectivity index (χ1v) is 10.3. The van der Waals surface area contributed by atoms with Gasteiger partial charge in [0, 0.05) is 24.5 Å². The number of nitrogens with one attached hydrogen (secondary N) is 2. The van der Waals surface area contributed by atoms with Crippen LogP contribution in [0.5, 0.6) is 23.0 Å². The summed E-state index contributed by atoms with van der Waals surface area (Å²) in [5, 5.41) is 15.1. The number of amides is 1. The highest BCUT2D eigenvalue weighted by Gasteiger charge is 2.10. The molecule has 0 aliphatic carbocycles. The molecule has 0 bridgehead atoms. The van der Waals surface area contributed by atoms with Crippen LogP contribution in [0, 0.1) is 11.3 Å². The van der Waals surface area contributed by atoms with Crippen molar-refractivity contribution in [1.29, 1.82) is 5.26 Å². The normalized spacial score (nSPS) is 10.7. The van der Waals surface area contributed by atoms with Gasteiger partial charge in [0.05, 0.1) is 27.4 Å². The summed E-state index contributed by atoms with van der Waals surface area (Å²) < 4.78 is 21.6. The summed E-state index contributed by atoms with van der Waals surface area (Å²) in [6.45, 7) is 5.16. The minimum absolute atomic E-state index is 0.0378. The van der Waals surface area contributed by atoms with E-state index in [2.05, 4.69) is 10.6 Å². The summed E-state index contributed by atoms with van der Waals surface area (Å²) >= 11 is 0. The molecule has 0 atom stereocenters. The van der Waals surface area contributed by atoms with Crippen molar-refractivity contribution in [3.63, 3.8) is 0 Å². The molecular formula is C24H29N3O5. The van der Waals surface area contributed by atoms with Crippen LogP contribution >= 0.6 is 0 Å². The number of nitriles is 1. The molecule has 0 heterocycles. The number of benzene rings is 2. The van der Waals surface area contributed by atoms with Crippen LogP contribution < -0.4 is 29.6 Å². The van der Waals surface area contributed by atoms with Crippen molar-refractivity contribution in [2.75, 3.05) is 39.3 Å². The van der Waals surface area contributed by atoms with Gasteiger partial charge >= 0.3 is 0 Å². The number of hydrogen-bond acceptors (Lipinski definition) is 7. The number of carbonyl (C=O) groups excluding carboxylic acids is 1. The molecule has 0 radical (unpaired) electrons. The molecule has 8 heteroatoms. The van der Waals surface area contributed by atoms with Gasteiger partial charge in [-0.2, -0.15) is 5.26 Å². The van der Waals surface area contributed by atoms with Crippen molar-refractivity contribution in [3.05, 3.63) is 53.7 Å². The standard InChI is InChI=1S/C24H29N3O5/c1-5-31-21-10-8-19(14-23(21)32-6-2)27-16-18(15-25)24(28)26-12-11-17-7-9-20(29-3)22(13-17)30-4/h7-10,13-14,16,27H,5-6,11-12H2,1-4H3,(H,26,28)/b18-16-. The molecule has 0 fully saturated rings. The second kappa shape index (κ2) is 12.7. The first-order chi connectivity index (χ1) is 15.6. The van der Waals surface area contributed by atoms with Crippen molar-refractivity contribution >= 4 is 11.6 Å². The van der Waals surface area contributed by atoms with Gasteiger partial charge < -0.3 is 29.6 Å². The Bertz CT molecular complexity index is 982. The monoisotopic (exact) mass is 439 g/mol. The summed E-state index contributed by atoms with van der Waals surface area (Å²) in [4.78, 5) is 12.4. The Morgan fingerprint density at radius 3 is 2.31 bits per heavy atom. The van der Waals surface area contributed by atoms with Crippen LogP contribution in [0.4, 0.5) is 5.69 Å². The van der Waals surface area contributed by atoms with E-state index in [9.17, 15) is 10.1 Å².